The van der Waals surface area contributed by atoms with E-state index in [1.54, 1.807) is 7.11 Å². The van der Waals surface area contributed by atoms with Gasteiger partial charge < -0.3 is 34.5 Å². The fourth-order valence-corrected chi connectivity index (χ4v) is 6.24. The maximum atomic E-state index is 13.1. The van der Waals surface area contributed by atoms with Gasteiger partial charge in [-0.1, -0.05) is 25.5 Å². The molecule has 1 saturated carbocycles. The fraction of sp³-hybridized carbons (Fsp3) is 0.862. The molecular formula is C29H51N3O6. The summed E-state index contributed by atoms with van der Waals surface area (Å²) in [5.41, 5.74) is 0.312. The van der Waals surface area contributed by atoms with Crippen LogP contribution in [0.3, 0.4) is 0 Å². The predicted molar refractivity (Wildman–Crippen MR) is 147 cm³/mol. The van der Waals surface area contributed by atoms with E-state index in [4.69, 9.17) is 18.9 Å². The molecule has 0 radical (unpaired) electrons. The molecule has 1 aliphatic carbocycles. The van der Waals surface area contributed by atoms with Gasteiger partial charge >= 0.3 is 6.09 Å². The van der Waals surface area contributed by atoms with Crippen LogP contribution in [-0.4, -0.2) is 92.9 Å². The van der Waals surface area contributed by atoms with E-state index in [1.165, 1.54) is 12.0 Å². The van der Waals surface area contributed by atoms with Crippen LogP contribution in [0.15, 0.2) is 11.6 Å². The molecule has 0 aromatic rings. The van der Waals surface area contributed by atoms with Gasteiger partial charge in [-0.15, -0.1) is 0 Å². The summed E-state index contributed by atoms with van der Waals surface area (Å²) in [5, 5.41) is 5.84. The van der Waals surface area contributed by atoms with Gasteiger partial charge in [-0.25, -0.2) is 4.79 Å². The topological polar surface area (TPSA) is 102 Å². The summed E-state index contributed by atoms with van der Waals surface area (Å²) in [6.07, 6.45) is 5.24. The number of carbonyl (C=O) groups is 2. The number of allylic oxidation sites excluding steroid dienone is 1. The lowest BCUT2D eigenvalue weighted by atomic mass is 9.68. The first-order valence-corrected chi connectivity index (χ1v) is 14.3. The van der Waals surface area contributed by atoms with E-state index in [9.17, 15) is 9.59 Å². The molecule has 1 spiro atoms. The summed E-state index contributed by atoms with van der Waals surface area (Å²) < 4.78 is 24.2. The number of amides is 2. The van der Waals surface area contributed by atoms with Crippen LogP contribution in [0.1, 0.15) is 73.6 Å². The van der Waals surface area contributed by atoms with E-state index < -0.39 is 29.9 Å². The van der Waals surface area contributed by atoms with E-state index in [0.29, 0.717) is 32.2 Å². The smallest absolute Gasteiger partial charge is 0.408 e. The highest BCUT2D eigenvalue weighted by Crippen LogP contribution is 2.52. The minimum Gasteiger partial charge on any atom is -0.443 e. The molecule has 38 heavy (non-hydrogen) atoms. The second-order valence-corrected chi connectivity index (χ2v) is 12.4. The average molecular weight is 538 g/mol. The summed E-state index contributed by atoms with van der Waals surface area (Å²) in [6.45, 7) is 14.9. The number of nitrogens with zero attached hydrogens (tertiary/aromatic N) is 1. The Morgan fingerprint density at radius 2 is 1.95 bits per heavy atom. The van der Waals surface area contributed by atoms with E-state index >= 15 is 0 Å². The fourth-order valence-electron chi connectivity index (χ4n) is 6.24. The van der Waals surface area contributed by atoms with Gasteiger partial charge in [-0.05, 0) is 79.3 Å². The van der Waals surface area contributed by atoms with Crippen molar-refractivity contribution in [1.82, 2.24) is 15.5 Å². The molecule has 3 aliphatic rings. The largest absolute Gasteiger partial charge is 0.443 e. The summed E-state index contributed by atoms with van der Waals surface area (Å²) in [4.78, 5) is 28.4. The highest BCUT2D eigenvalue weighted by molar-refractivity contribution is 5.85. The molecule has 3 rings (SSSR count). The van der Waals surface area contributed by atoms with Gasteiger partial charge in [-0.3, -0.25) is 4.79 Å². The Balaban J connectivity index is 1.60. The molecule has 9 heteroatoms. The van der Waals surface area contributed by atoms with Crippen LogP contribution in [0.25, 0.3) is 0 Å². The quantitative estimate of drug-likeness (QED) is 0.289. The number of hydrogen-bond acceptors (Lipinski definition) is 7. The third-order valence-electron chi connectivity index (χ3n) is 8.53. The van der Waals surface area contributed by atoms with E-state index in [1.807, 2.05) is 27.7 Å². The average Bonchev–Trinajstić information content (AvgIpc) is 3.48. The number of ether oxygens (including phenoxy) is 4. The van der Waals surface area contributed by atoms with Crippen molar-refractivity contribution in [2.45, 2.75) is 109 Å². The Hall–Kier alpha value is -1.68. The zero-order valence-corrected chi connectivity index (χ0v) is 24.8. The first-order valence-electron chi connectivity index (χ1n) is 14.3. The first-order chi connectivity index (χ1) is 17.9. The maximum absolute atomic E-state index is 13.1. The zero-order valence-electron chi connectivity index (χ0n) is 24.8. The third-order valence-corrected chi connectivity index (χ3v) is 8.53. The Labute approximate surface area is 229 Å². The summed E-state index contributed by atoms with van der Waals surface area (Å²) in [6, 6.07) is -0.170. The van der Waals surface area contributed by atoms with E-state index in [0.717, 1.165) is 25.8 Å². The Morgan fingerprint density at radius 1 is 1.24 bits per heavy atom. The normalized spacial score (nSPS) is 30.2. The van der Waals surface area contributed by atoms with Crippen molar-refractivity contribution in [2.24, 2.45) is 11.8 Å². The lowest BCUT2D eigenvalue weighted by molar-refractivity contribution is -0.172. The number of hydrogen-bond donors (Lipinski definition) is 2. The van der Waals surface area contributed by atoms with Crippen molar-refractivity contribution < 1.29 is 28.5 Å². The summed E-state index contributed by atoms with van der Waals surface area (Å²) >= 11 is 0. The molecule has 2 amide bonds. The van der Waals surface area contributed by atoms with Crippen LogP contribution in [-0.2, 0) is 23.7 Å². The molecule has 2 aliphatic heterocycles. The van der Waals surface area contributed by atoms with Crippen LogP contribution in [0, 0.1) is 11.8 Å². The molecule has 0 aromatic carbocycles. The van der Waals surface area contributed by atoms with Crippen LogP contribution < -0.4 is 10.6 Å². The second-order valence-electron chi connectivity index (χ2n) is 12.4. The molecule has 6 atom stereocenters. The predicted octanol–water partition coefficient (Wildman–Crippen LogP) is 3.66. The molecular weight excluding hydrogens is 486 g/mol. The molecule has 2 saturated heterocycles. The number of alkyl carbamates (subject to hydrolysis) is 1. The van der Waals surface area contributed by atoms with Gasteiger partial charge in [-0.2, -0.15) is 0 Å². The van der Waals surface area contributed by atoms with Crippen molar-refractivity contribution in [1.29, 1.82) is 0 Å². The van der Waals surface area contributed by atoms with Crippen LogP contribution in [0.5, 0.6) is 0 Å². The van der Waals surface area contributed by atoms with Crippen molar-refractivity contribution in [3.05, 3.63) is 11.6 Å². The number of rotatable bonds is 12. The van der Waals surface area contributed by atoms with Crippen molar-refractivity contribution >= 4 is 12.0 Å². The van der Waals surface area contributed by atoms with Gasteiger partial charge in [0.2, 0.25) is 5.91 Å². The maximum Gasteiger partial charge on any atom is 0.408 e. The van der Waals surface area contributed by atoms with E-state index in [-0.39, 0.29) is 23.3 Å². The number of nitrogens with one attached hydrogen (secondary N) is 2. The molecule has 218 valence electrons. The van der Waals surface area contributed by atoms with Crippen molar-refractivity contribution in [3.63, 3.8) is 0 Å². The Kier molecular flexibility index (Phi) is 10.6. The highest BCUT2D eigenvalue weighted by atomic mass is 16.6. The summed E-state index contributed by atoms with van der Waals surface area (Å²) in [5.74, 6) is -0.379. The molecule has 9 nitrogen and oxygen atoms in total. The second kappa shape index (κ2) is 13.1. The van der Waals surface area contributed by atoms with Gasteiger partial charge in [0, 0.05) is 25.6 Å². The molecule has 2 N–H and O–H groups in total. The molecule has 1 unspecified atom stereocenters. The summed E-state index contributed by atoms with van der Waals surface area (Å²) in [7, 11) is 3.77. The van der Waals surface area contributed by atoms with Gasteiger partial charge in [0.15, 0.2) is 0 Å². The lowest BCUT2D eigenvalue weighted by Gasteiger charge is -2.47. The van der Waals surface area contributed by atoms with Crippen molar-refractivity contribution in [2.75, 3.05) is 40.5 Å². The Morgan fingerprint density at radius 3 is 2.50 bits per heavy atom. The first kappa shape index (κ1) is 30.9. The van der Waals surface area contributed by atoms with Gasteiger partial charge in [0.1, 0.15) is 18.2 Å². The zero-order chi connectivity index (χ0) is 28.1. The molecule has 3 fully saturated rings. The standard InChI is InChI=1S/C29H51N3O6/c1-19(2)13-17-36-28(5,6)25-24(35-8)22(11-14-29(25)18-37-29)38-27(34)31-23(20(3)4)26(33)30-15-12-21-10-9-16-32(21)7/h13,20-25H,9-12,14-18H2,1-8H3,(H,30,33)(H,31,34)/t21?,22-,23-,24-,25-,29+/m1/s1. The number of carbonyl (C=O) groups excluding carboxylic acids is 2. The third kappa shape index (κ3) is 7.71. The molecule has 0 bridgehead atoms. The van der Waals surface area contributed by atoms with Gasteiger partial charge in [0.25, 0.3) is 0 Å². The van der Waals surface area contributed by atoms with Crippen LogP contribution in [0.2, 0.25) is 0 Å². The minimum absolute atomic E-state index is 0.0837. The lowest BCUT2D eigenvalue weighted by Crippen LogP contribution is -2.59. The monoisotopic (exact) mass is 537 g/mol. The molecule has 0 aromatic heterocycles. The van der Waals surface area contributed by atoms with Crippen LogP contribution in [0.4, 0.5) is 4.79 Å². The van der Waals surface area contributed by atoms with Gasteiger partial charge in [0.05, 0.1) is 24.4 Å². The number of methoxy groups -OCH3 is 1. The van der Waals surface area contributed by atoms with E-state index in [2.05, 4.69) is 42.5 Å². The van der Waals surface area contributed by atoms with Crippen molar-refractivity contribution in [3.8, 4) is 0 Å². The van der Waals surface area contributed by atoms with Crippen LogP contribution >= 0.6 is 0 Å². The molecule has 2 heterocycles. The Bertz CT molecular complexity index is 836. The number of epoxide rings is 1. The number of likely N-dealkylation sites (tertiary alicyclic amines) is 1. The minimum atomic E-state index is -0.675. The highest BCUT2D eigenvalue weighted by Gasteiger charge is 2.64. The SMILES string of the molecule is CO[C@H]1[C@H](C(C)(C)OCC=C(C)C)[C@]2(CC[C@H]1OC(=O)N[C@@H](C(=O)NCCC1CCCN1C)C(C)C)CO2.